The van der Waals surface area contributed by atoms with E-state index in [-0.39, 0.29) is 0 Å². The van der Waals surface area contributed by atoms with Crippen molar-refractivity contribution in [3.05, 3.63) is 0 Å². The molecule has 0 radical (unpaired) electrons. The van der Waals surface area contributed by atoms with Gasteiger partial charge in [0.2, 0.25) is 5.78 Å². The maximum Gasteiger partial charge on any atom is 0.353 e. The van der Waals surface area contributed by atoms with Crippen LogP contribution >= 0.6 is 22.6 Å². The average molecular weight is 340 g/mol. The number of carbonyl (C=O) groups is 1. The Labute approximate surface area is 107 Å². The first-order valence-corrected chi connectivity index (χ1v) is 7.08. The lowest BCUT2D eigenvalue weighted by Gasteiger charge is -2.56. The van der Waals surface area contributed by atoms with E-state index in [1.54, 1.807) is 0 Å². The fourth-order valence-corrected chi connectivity index (χ4v) is 5.26. The average Bonchev–Trinajstić information content (AvgIpc) is 2.12. The summed E-state index contributed by atoms with van der Waals surface area (Å²) in [5.74, 6) is 0.872. The molecule has 1 nitrogen and oxygen atoms in total. The Kier molecular flexibility index (Phi) is 2.41. The van der Waals surface area contributed by atoms with E-state index in [1.807, 2.05) is 0 Å². The zero-order valence-electron chi connectivity index (χ0n) is 9.02. The summed E-state index contributed by atoms with van der Waals surface area (Å²) in [6, 6.07) is 0. The number of Topliss-reactive ketones (excluding diaryl/α,β-unsaturated/α-hetero) is 1. The van der Waals surface area contributed by atoms with Crippen LogP contribution in [0.3, 0.4) is 0 Å². The highest BCUT2D eigenvalue weighted by molar-refractivity contribution is 14.1. The van der Waals surface area contributed by atoms with Gasteiger partial charge in [-0.3, -0.25) is 4.79 Å². The van der Waals surface area contributed by atoms with E-state index >= 15 is 0 Å². The van der Waals surface area contributed by atoms with Crippen molar-refractivity contribution in [1.82, 2.24) is 0 Å². The zero-order chi connectivity index (χ0) is 11.6. The second kappa shape index (κ2) is 3.39. The van der Waals surface area contributed by atoms with Crippen LogP contribution in [0.4, 0.5) is 8.78 Å². The first kappa shape index (κ1) is 11.4. The highest BCUT2D eigenvalue weighted by atomic mass is 127. The molecule has 0 aromatic rings. The third-order valence-corrected chi connectivity index (χ3v) is 5.27. The van der Waals surface area contributed by atoms with Crippen LogP contribution < -0.4 is 0 Å². The summed E-state index contributed by atoms with van der Waals surface area (Å²) in [6.45, 7) is 0. The topological polar surface area (TPSA) is 17.1 Å². The van der Waals surface area contributed by atoms with Crippen LogP contribution in [0.25, 0.3) is 0 Å². The first-order valence-electron chi connectivity index (χ1n) is 6.01. The molecule has 0 N–H and O–H groups in total. The smallest absolute Gasteiger partial charge is 0.291 e. The molecule has 0 spiro atoms. The van der Waals surface area contributed by atoms with Gasteiger partial charge in [0.05, 0.1) is 0 Å². The molecule has 0 unspecified atom stereocenters. The van der Waals surface area contributed by atoms with Crippen LogP contribution in [0.15, 0.2) is 0 Å². The first-order chi connectivity index (χ1) is 7.39. The lowest BCUT2D eigenvalue weighted by molar-refractivity contribution is -0.156. The second-order valence-electron chi connectivity index (χ2n) is 6.02. The maximum absolute atomic E-state index is 13.3. The highest BCUT2D eigenvalue weighted by Gasteiger charge is 2.59. The highest BCUT2D eigenvalue weighted by Crippen LogP contribution is 2.61. The Balaban J connectivity index is 1.91. The molecule has 0 saturated heterocycles. The Morgan fingerprint density at radius 2 is 1.44 bits per heavy atom. The fraction of sp³-hybridized carbons (Fsp3) is 0.917. The molecule has 4 aliphatic carbocycles. The maximum atomic E-state index is 13.3. The number of carbonyl (C=O) groups excluding carboxylic acids is 1. The van der Waals surface area contributed by atoms with Crippen molar-refractivity contribution in [3.63, 3.8) is 0 Å². The summed E-state index contributed by atoms with van der Waals surface area (Å²) in [5.41, 5.74) is -0.653. The van der Waals surface area contributed by atoms with Crippen LogP contribution in [-0.4, -0.2) is 9.71 Å². The van der Waals surface area contributed by atoms with Crippen molar-refractivity contribution in [2.45, 2.75) is 42.5 Å². The van der Waals surface area contributed by atoms with Gasteiger partial charge < -0.3 is 0 Å². The monoisotopic (exact) mass is 340 g/mol. The normalized spacial score (nSPS) is 46.1. The van der Waals surface area contributed by atoms with E-state index in [1.165, 1.54) is 19.3 Å². The largest absolute Gasteiger partial charge is 0.353 e. The predicted octanol–water partition coefficient (Wildman–Crippen LogP) is 3.80. The van der Waals surface area contributed by atoms with E-state index in [2.05, 4.69) is 0 Å². The molecule has 0 heterocycles. The fourth-order valence-electron chi connectivity index (χ4n) is 4.69. The molecule has 4 heteroatoms. The van der Waals surface area contributed by atoms with Gasteiger partial charge in [0.1, 0.15) is 0 Å². The van der Waals surface area contributed by atoms with Crippen molar-refractivity contribution in [1.29, 1.82) is 0 Å². The molecule has 16 heavy (non-hydrogen) atoms. The van der Waals surface area contributed by atoms with Gasteiger partial charge in [0.15, 0.2) is 0 Å². The van der Waals surface area contributed by atoms with Crippen LogP contribution in [0.2, 0.25) is 0 Å². The van der Waals surface area contributed by atoms with Crippen molar-refractivity contribution in [3.8, 4) is 0 Å². The predicted molar refractivity (Wildman–Crippen MR) is 64.6 cm³/mol. The van der Waals surface area contributed by atoms with Crippen molar-refractivity contribution in [2.75, 3.05) is 0 Å². The quantitative estimate of drug-likeness (QED) is 0.552. The summed E-state index contributed by atoms with van der Waals surface area (Å²) in [6.07, 6.45) is 5.74. The van der Waals surface area contributed by atoms with E-state index < -0.39 is 15.1 Å². The van der Waals surface area contributed by atoms with Gasteiger partial charge in [-0.25, -0.2) is 0 Å². The van der Waals surface area contributed by atoms with Crippen LogP contribution in [0, 0.1) is 23.2 Å². The Hall–Kier alpha value is 0.260. The summed E-state index contributed by atoms with van der Waals surface area (Å²) in [7, 11) is 0. The lowest BCUT2D eigenvalue weighted by atomic mass is 9.48. The SMILES string of the molecule is O=C(C(F)(F)I)C12CC3CC(CC(C3)C1)C2. The van der Waals surface area contributed by atoms with Gasteiger partial charge in [-0.05, 0) is 56.3 Å². The minimum absolute atomic E-state index is 0.550. The summed E-state index contributed by atoms with van der Waals surface area (Å²) in [4.78, 5) is 12.0. The van der Waals surface area contributed by atoms with Crippen LogP contribution in [-0.2, 0) is 4.79 Å². The number of ketones is 1. The molecule has 0 amide bonds. The number of halogens is 3. The van der Waals surface area contributed by atoms with E-state index in [9.17, 15) is 13.6 Å². The zero-order valence-corrected chi connectivity index (χ0v) is 11.2. The summed E-state index contributed by atoms with van der Waals surface area (Å²) in [5, 5.41) is 0. The number of rotatable bonds is 2. The minimum Gasteiger partial charge on any atom is -0.291 e. The van der Waals surface area contributed by atoms with Gasteiger partial charge in [0.25, 0.3) is 0 Å². The number of hydrogen-bond acceptors (Lipinski definition) is 1. The number of alkyl halides is 3. The Morgan fingerprint density at radius 3 is 1.75 bits per heavy atom. The van der Waals surface area contributed by atoms with E-state index in [4.69, 9.17) is 0 Å². The molecule has 90 valence electrons. The molecule has 0 atom stereocenters. The molecule has 4 fully saturated rings. The molecular weight excluding hydrogens is 325 g/mol. The number of hydrogen-bond donors (Lipinski definition) is 0. The Morgan fingerprint density at radius 1 is 1.06 bits per heavy atom. The summed E-state index contributed by atoms with van der Waals surface area (Å²) >= 11 is 1.01. The molecule has 4 saturated carbocycles. The Bertz CT molecular complexity index is 299. The third kappa shape index (κ3) is 1.63. The van der Waals surface area contributed by atoms with Gasteiger partial charge in [-0.15, -0.1) is 0 Å². The standard InChI is InChI=1S/C12H15F2IO/c13-12(14,15)10(16)11-4-7-1-8(5-11)3-9(2-7)6-11/h7-9H,1-6H2. The van der Waals surface area contributed by atoms with Crippen LogP contribution in [0.5, 0.6) is 0 Å². The van der Waals surface area contributed by atoms with E-state index in [0.29, 0.717) is 17.8 Å². The molecule has 0 aliphatic heterocycles. The summed E-state index contributed by atoms with van der Waals surface area (Å²) < 4.78 is 23.4. The van der Waals surface area contributed by atoms with Gasteiger partial charge in [-0.2, -0.15) is 8.78 Å². The molecular formula is C12H15F2IO. The van der Waals surface area contributed by atoms with Crippen molar-refractivity contribution >= 4 is 28.4 Å². The molecule has 4 rings (SSSR count). The molecule has 4 aliphatic rings. The van der Waals surface area contributed by atoms with Gasteiger partial charge in [0, 0.05) is 28.0 Å². The molecule has 0 aromatic heterocycles. The lowest BCUT2D eigenvalue weighted by Crippen LogP contribution is -2.53. The minimum atomic E-state index is -3.16. The van der Waals surface area contributed by atoms with Crippen molar-refractivity contribution < 1.29 is 13.6 Å². The van der Waals surface area contributed by atoms with Gasteiger partial charge >= 0.3 is 3.93 Å². The third-order valence-electron chi connectivity index (χ3n) is 4.78. The second-order valence-corrected chi connectivity index (χ2v) is 7.38. The molecule has 0 aromatic carbocycles. The van der Waals surface area contributed by atoms with Gasteiger partial charge in [-0.1, -0.05) is 0 Å². The molecule has 4 bridgehead atoms. The van der Waals surface area contributed by atoms with Crippen molar-refractivity contribution in [2.24, 2.45) is 23.2 Å². The van der Waals surface area contributed by atoms with E-state index in [0.717, 1.165) is 41.9 Å². The van der Waals surface area contributed by atoms with Crippen LogP contribution in [0.1, 0.15) is 38.5 Å².